The summed E-state index contributed by atoms with van der Waals surface area (Å²) in [6.45, 7) is 2.15. The number of halogens is 1. The lowest BCUT2D eigenvalue weighted by Gasteiger charge is -2.33. The number of carbonyl (C=O) groups is 1. The van der Waals surface area contributed by atoms with Crippen molar-refractivity contribution >= 4 is 11.6 Å². The lowest BCUT2D eigenvalue weighted by Crippen LogP contribution is -2.42. The minimum atomic E-state index is -0.306. The summed E-state index contributed by atoms with van der Waals surface area (Å²) in [7, 11) is 1.63. The Bertz CT molecular complexity index is 1200. The van der Waals surface area contributed by atoms with Gasteiger partial charge in [0.1, 0.15) is 11.6 Å². The van der Waals surface area contributed by atoms with Crippen molar-refractivity contribution in [3.05, 3.63) is 101 Å². The van der Waals surface area contributed by atoms with Gasteiger partial charge in [0.05, 0.1) is 25.4 Å². The normalized spacial score (nSPS) is 18.8. The van der Waals surface area contributed by atoms with Gasteiger partial charge in [-0.3, -0.25) is 9.69 Å². The highest BCUT2D eigenvalue weighted by atomic mass is 19.1. The summed E-state index contributed by atoms with van der Waals surface area (Å²) >= 11 is 0. The molecule has 186 valence electrons. The fraction of sp³-hybridized carbons (Fsp3) is 0.333. The number of carbonyl (C=O) groups excluding carboxylic acids is 1. The maximum Gasteiger partial charge on any atom is 0.257 e. The molecule has 1 atom stereocenters. The predicted molar refractivity (Wildman–Crippen MR) is 139 cm³/mol. The molecule has 1 amide bonds. The van der Waals surface area contributed by atoms with E-state index in [1.165, 1.54) is 17.7 Å². The van der Waals surface area contributed by atoms with E-state index in [9.17, 15) is 9.18 Å². The standard InChI is InChI=1S/C30H32FN3O2/c1-36-27-12-10-24(11-13-27)29-20-28(25-8-5-9-26(31)19-25)32-34(29)30(35)21-33-16-14-23(15-17-33)18-22-6-3-2-4-7-22/h2-13,19,23,29H,14-18,20-21H2,1H3/t29-/m1/s1. The average Bonchev–Trinajstić information content (AvgIpc) is 3.36. The first-order chi connectivity index (χ1) is 17.6. The number of hydrogen-bond acceptors (Lipinski definition) is 4. The predicted octanol–water partition coefficient (Wildman–Crippen LogP) is 5.47. The number of methoxy groups -OCH3 is 1. The van der Waals surface area contributed by atoms with Gasteiger partial charge in [0.2, 0.25) is 0 Å². The lowest BCUT2D eigenvalue weighted by molar-refractivity contribution is -0.134. The summed E-state index contributed by atoms with van der Waals surface area (Å²) < 4.78 is 19.2. The van der Waals surface area contributed by atoms with Crippen LogP contribution in [0.3, 0.4) is 0 Å². The number of benzene rings is 3. The Labute approximate surface area is 212 Å². The summed E-state index contributed by atoms with van der Waals surface area (Å²) in [6, 6.07) is 24.6. The molecular weight excluding hydrogens is 453 g/mol. The molecule has 2 heterocycles. The number of rotatable bonds is 7. The number of amides is 1. The first kappa shape index (κ1) is 24.2. The molecule has 0 bridgehead atoms. The molecular formula is C30H32FN3O2. The maximum atomic E-state index is 13.9. The van der Waals surface area contributed by atoms with Crippen LogP contribution in [0.5, 0.6) is 5.75 Å². The SMILES string of the molecule is COc1ccc([C@H]2CC(c3cccc(F)c3)=NN2C(=O)CN2CCC(Cc3ccccc3)CC2)cc1. The molecule has 0 spiro atoms. The molecule has 5 nitrogen and oxygen atoms in total. The van der Waals surface area contributed by atoms with E-state index in [1.807, 2.05) is 30.3 Å². The molecule has 36 heavy (non-hydrogen) atoms. The van der Waals surface area contributed by atoms with Crippen molar-refractivity contribution in [3.8, 4) is 5.75 Å². The van der Waals surface area contributed by atoms with E-state index in [1.54, 1.807) is 18.2 Å². The Morgan fingerprint density at radius 2 is 1.75 bits per heavy atom. The fourth-order valence-corrected chi connectivity index (χ4v) is 5.23. The van der Waals surface area contributed by atoms with Crippen LogP contribution in [-0.4, -0.2) is 48.3 Å². The van der Waals surface area contributed by atoms with E-state index in [0.717, 1.165) is 49.4 Å². The van der Waals surface area contributed by atoms with E-state index in [0.29, 0.717) is 24.4 Å². The molecule has 5 rings (SSSR count). The van der Waals surface area contributed by atoms with E-state index in [2.05, 4.69) is 35.2 Å². The Hall–Kier alpha value is -3.51. The van der Waals surface area contributed by atoms with Crippen molar-refractivity contribution in [1.82, 2.24) is 9.91 Å². The molecule has 2 aliphatic rings. The second kappa shape index (κ2) is 11.0. The molecule has 0 unspecified atom stereocenters. The van der Waals surface area contributed by atoms with Crippen molar-refractivity contribution in [2.45, 2.75) is 31.7 Å². The largest absolute Gasteiger partial charge is 0.497 e. The third-order valence-corrected chi connectivity index (χ3v) is 7.26. The molecule has 0 N–H and O–H groups in total. The zero-order valence-electron chi connectivity index (χ0n) is 20.6. The second-order valence-electron chi connectivity index (χ2n) is 9.70. The average molecular weight is 486 g/mol. The van der Waals surface area contributed by atoms with Gasteiger partial charge >= 0.3 is 0 Å². The number of hydrogen-bond donors (Lipinski definition) is 0. The molecule has 6 heteroatoms. The lowest BCUT2D eigenvalue weighted by atomic mass is 9.90. The molecule has 0 aromatic heterocycles. The van der Waals surface area contributed by atoms with Crippen molar-refractivity contribution in [3.63, 3.8) is 0 Å². The molecule has 0 radical (unpaired) electrons. The van der Waals surface area contributed by atoms with Crippen LogP contribution in [0.25, 0.3) is 0 Å². The number of likely N-dealkylation sites (tertiary alicyclic amines) is 1. The summed E-state index contributed by atoms with van der Waals surface area (Å²) in [4.78, 5) is 15.8. The van der Waals surface area contributed by atoms with Gasteiger partial charge in [-0.25, -0.2) is 9.40 Å². The minimum Gasteiger partial charge on any atom is -0.497 e. The third kappa shape index (κ3) is 5.65. The highest BCUT2D eigenvalue weighted by Gasteiger charge is 2.34. The molecule has 0 aliphatic carbocycles. The van der Waals surface area contributed by atoms with Crippen LogP contribution in [0, 0.1) is 11.7 Å². The monoisotopic (exact) mass is 485 g/mol. The molecule has 3 aromatic carbocycles. The summed E-state index contributed by atoms with van der Waals surface area (Å²) in [5.74, 6) is 1.08. The third-order valence-electron chi connectivity index (χ3n) is 7.26. The van der Waals surface area contributed by atoms with Crippen molar-refractivity contribution < 1.29 is 13.9 Å². The topological polar surface area (TPSA) is 45.1 Å². The van der Waals surface area contributed by atoms with E-state index < -0.39 is 0 Å². The van der Waals surface area contributed by atoms with E-state index >= 15 is 0 Å². The quantitative estimate of drug-likeness (QED) is 0.446. The van der Waals surface area contributed by atoms with Crippen LogP contribution in [-0.2, 0) is 11.2 Å². The van der Waals surface area contributed by atoms with Crippen LogP contribution in [0.2, 0.25) is 0 Å². The number of ether oxygens (including phenoxy) is 1. The van der Waals surface area contributed by atoms with Crippen LogP contribution in [0.15, 0.2) is 84.0 Å². The summed E-state index contributed by atoms with van der Waals surface area (Å²) in [5.41, 5.74) is 3.81. The van der Waals surface area contributed by atoms with Gasteiger partial charge in [0.15, 0.2) is 0 Å². The highest BCUT2D eigenvalue weighted by molar-refractivity contribution is 6.03. The fourth-order valence-electron chi connectivity index (χ4n) is 5.23. The van der Waals surface area contributed by atoms with Gasteiger partial charge in [-0.1, -0.05) is 54.6 Å². The molecule has 0 saturated carbocycles. The number of piperidine rings is 1. The van der Waals surface area contributed by atoms with E-state index in [4.69, 9.17) is 9.84 Å². The first-order valence-electron chi connectivity index (χ1n) is 12.6. The maximum absolute atomic E-state index is 13.9. The second-order valence-corrected chi connectivity index (χ2v) is 9.70. The van der Waals surface area contributed by atoms with Crippen LogP contribution < -0.4 is 4.74 Å². The minimum absolute atomic E-state index is 0.0243. The summed E-state index contributed by atoms with van der Waals surface area (Å²) in [5, 5.41) is 6.32. The molecule has 3 aromatic rings. The van der Waals surface area contributed by atoms with Crippen molar-refractivity contribution in [2.75, 3.05) is 26.7 Å². The Kier molecular flexibility index (Phi) is 7.42. The van der Waals surface area contributed by atoms with E-state index in [-0.39, 0.29) is 17.8 Å². The van der Waals surface area contributed by atoms with Crippen LogP contribution >= 0.6 is 0 Å². The smallest absolute Gasteiger partial charge is 0.257 e. The number of nitrogens with zero attached hydrogens (tertiary/aromatic N) is 3. The van der Waals surface area contributed by atoms with Crippen LogP contribution in [0.1, 0.15) is 42.0 Å². The van der Waals surface area contributed by atoms with Crippen molar-refractivity contribution in [2.24, 2.45) is 11.0 Å². The van der Waals surface area contributed by atoms with Gasteiger partial charge in [0, 0.05) is 12.0 Å². The Balaban J connectivity index is 1.27. The van der Waals surface area contributed by atoms with Crippen LogP contribution in [0.4, 0.5) is 4.39 Å². The van der Waals surface area contributed by atoms with Gasteiger partial charge in [0.25, 0.3) is 5.91 Å². The van der Waals surface area contributed by atoms with Crippen molar-refractivity contribution in [1.29, 1.82) is 0 Å². The van der Waals surface area contributed by atoms with Gasteiger partial charge in [-0.15, -0.1) is 0 Å². The number of hydrazone groups is 1. The zero-order chi connectivity index (χ0) is 24.9. The molecule has 1 fully saturated rings. The summed E-state index contributed by atoms with van der Waals surface area (Å²) in [6.07, 6.45) is 3.81. The molecule has 2 aliphatic heterocycles. The Morgan fingerprint density at radius 3 is 2.44 bits per heavy atom. The van der Waals surface area contributed by atoms with Gasteiger partial charge < -0.3 is 4.74 Å². The van der Waals surface area contributed by atoms with Gasteiger partial charge in [-0.05, 0) is 73.7 Å². The van der Waals surface area contributed by atoms with Gasteiger partial charge in [-0.2, -0.15) is 5.10 Å². The Morgan fingerprint density at radius 1 is 1.00 bits per heavy atom. The first-order valence-corrected chi connectivity index (χ1v) is 12.6. The zero-order valence-corrected chi connectivity index (χ0v) is 20.6. The molecule has 1 saturated heterocycles. The highest BCUT2D eigenvalue weighted by Crippen LogP contribution is 2.34.